The number of tetrazole rings is 1. The Kier molecular flexibility index (Phi) is 9.00. The molecule has 4 amide bonds. The zero-order valence-corrected chi connectivity index (χ0v) is 28.9. The Morgan fingerprint density at radius 1 is 1.16 bits per heavy atom. The number of H-pyrrole nitrogens is 1. The van der Waals surface area contributed by atoms with Crippen molar-refractivity contribution in [2.24, 2.45) is 11.3 Å². The lowest BCUT2D eigenvalue weighted by atomic mass is 9.85. The van der Waals surface area contributed by atoms with Gasteiger partial charge in [-0.1, -0.05) is 26.8 Å². The Labute approximate surface area is 288 Å². The number of nitrogens with zero attached hydrogens (tertiary/aromatic N) is 6. The number of benzene rings is 1. The number of methoxy groups -OCH3 is 1. The third-order valence-corrected chi connectivity index (χ3v) is 11.2. The zero-order valence-electron chi connectivity index (χ0n) is 28.1. The molecule has 266 valence electrons. The largest absolute Gasteiger partial charge is 0.497 e. The van der Waals surface area contributed by atoms with Crippen LogP contribution in [0, 0.1) is 11.3 Å². The molecule has 5 atom stereocenters. The maximum atomic E-state index is 14.4. The molecule has 50 heavy (non-hydrogen) atoms. The summed E-state index contributed by atoms with van der Waals surface area (Å²) in [7, 11) is -2.34. The number of likely N-dealkylation sites (tertiary alicyclic amines) is 1. The quantitative estimate of drug-likeness (QED) is 0.192. The maximum Gasteiger partial charge on any atom is 0.259 e. The molecule has 17 nitrogen and oxygen atoms in total. The first-order valence-electron chi connectivity index (χ1n) is 16.2. The summed E-state index contributed by atoms with van der Waals surface area (Å²) >= 11 is 0. The SMILES string of the molecule is C=C[C@@H]1C[C@]1(NC(=O)[C@@H]1C[C@@H](n2nnc(-c3ccc(OC)cc3)n2)CN1C(=O)[C@@H](NC(=O)c1cn[nH]c1)C(C)(C)C)C(=O)NS(=O)(=O)C1CC1. The number of carbonyl (C=O) groups is 4. The molecule has 1 aliphatic heterocycles. The van der Waals surface area contributed by atoms with E-state index < -0.39 is 73.9 Å². The van der Waals surface area contributed by atoms with Crippen molar-refractivity contribution in [2.45, 2.75) is 75.4 Å². The highest BCUT2D eigenvalue weighted by atomic mass is 32.2. The van der Waals surface area contributed by atoms with E-state index in [0.29, 0.717) is 30.0 Å². The van der Waals surface area contributed by atoms with Crippen molar-refractivity contribution < 1.29 is 32.3 Å². The van der Waals surface area contributed by atoms with E-state index in [1.54, 1.807) is 52.1 Å². The van der Waals surface area contributed by atoms with Crippen LogP contribution in [0.5, 0.6) is 5.75 Å². The minimum absolute atomic E-state index is 0.0242. The van der Waals surface area contributed by atoms with Gasteiger partial charge in [0.2, 0.25) is 27.7 Å². The second kappa shape index (κ2) is 13.0. The van der Waals surface area contributed by atoms with E-state index in [0.717, 1.165) is 0 Å². The van der Waals surface area contributed by atoms with Crippen molar-refractivity contribution in [1.82, 2.24) is 50.7 Å². The Morgan fingerprint density at radius 2 is 1.88 bits per heavy atom. The van der Waals surface area contributed by atoms with Crippen LogP contribution < -0.4 is 20.1 Å². The molecule has 1 aromatic carbocycles. The summed E-state index contributed by atoms with van der Waals surface area (Å²) in [5, 5.41) is 24.3. The summed E-state index contributed by atoms with van der Waals surface area (Å²) in [4.78, 5) is 57.8. The fourth-order valence-corrected chi connectivity index (χ4v) is 7.50. The fraction of sp³-hybridized carbons (Fsp3) is 0.500. The van der Waals surface area contributed by atoms with E-state index >= 15 is 0 Å². The monoisotopic (exact) mass is 708 g/mol. The van der Waals surface area contributed by atoms with Crippen molar-refractivity contribution in [2.75, 3.05) is 13.7 Å². The van der Waals surface area contributed by atoms with Gasteiger partial charge in [-0.25, -0.2) is 8.42 Å². The minimum atomic E-state index is -3.90. The molecule has 2 aromatic heterocycles. The zero-order chi connectivity index (χ0) is 36.0. The van der Waals surface area contributed by atoms with Crippen LogP contribution in [0.15, 0.2) is 49.3 Å². The van der Waals surface area contributed by atoms with Crippen LogP contribution in [0.2, 0.25) is 0 Å². The predicted molar refractivity (Wildman–Crippen MR) is 178 cm³/mol. The van der Waals surface area contributed by atoms with Gasteiger partial charge in [0.25, 0.3) is 11.8 Å². The molecule has 18 heteroatoms. The van der Waals surface area contributed by atoms with Gasteiger partial charge in [0, 0.05) is 30.6 Å². The molecular weight excluding hydrogens is 668 g/mol. The molecule has 2 aliphatic carbocycles. The highest BCUT2D eigenvalue weighted by molar-refractivity contribution is 7.91. The van der Waals surface area contributed by atoms with Crippen LogP contribution in [0.4, 0.5) is 0 Å². The number of aromatic nitrogens is 6. The molecule has 2 saturated carbocycles. The van der Waals surface area contributed by atoms with E-state index in [2.05, 4.69) is 47.5 Å². The number of sulfonamides is 1. The smallest absolute Gasteiger partial charge is 0.259 e. The fourth-order valence-electron chi connectivity index (χ4n) is 6.13. The van der Waals surface area contributed by atoms with Crippen molar-refractivity contribution in [1.29, 1.82) is 0 Å². The molecule has 0 unspecified atom stereocenters. The van der Waals surface area contributed by atoms with Gasteiger partial charge in [0.15, 0.2) is 0 Å². The third kappa shape index (κ3) is 6.83. The van der Waals surface area contributed by atoms with Crippen molar-refractivity contribution in [3.8, 4) is 17.1 Å². The Hall–Kier alpha value is -5.13. The molecule has 0 bridgehead atoms. The van der Waals surface area contributed by atoms with Gasteiger partial charge in [-0.2, -0.15) is 9.90 Å². The van der Waals surface area contributed by atoms with E-state index in [9.17, 15) is 27.6 Å². The Bertz CT molecular complexity index is 1900. The first-order chi connectivity index (χ1) is 23.7. The van der Waals surface area contributed by atoms with E-state index in [4.69, 9.17) is 4.74 Å². The molecule has 3 heterocycles. The van der Waals surface area contributed by atoms with Crippen molar-refractivity contribution in [3.05, 3.63) is 54.9 Å². The number of hydrogen-bond acceptors (Lipinski definition) is 11. The van der Waals surface area contributed by atoms with Crippen LogP contribution in [0.1, 0.15) is 62.9 Å². The summed E-state index contributed by atoms with van der Waals surface area (Å²) in [5.74, 6) is -2.16. The lowest BCUT2D eigenvalue weighted by molar-refractivity contribution is -0.142. The van der Waals surface area contributed by atoms with Crippen molar-refractivity contribution >= 4 is 33.7 Å². The second-order valence-corrected chi connectivity index (χ2v) is 16.0. The lowest BCUT2D eigenvalue weighted by Gasteiger charge is -2.35. The van der Waals surface area contributed by atoms with E-state index in [1.807, 2.05) is 0 Å². The van der Waals surface area contributed by atoms with Gasteiger partial charge < -0.3 is 20.3 Å². The molecule has 0 radical (unpaired) electrons. The molecule has 3 aromatic rings. The number of aromatic amines is 1. The van der Waals surface area contributed by atoms with Crippen molar-refractivity contribution in [3.63, 3.8) is 0 Å². The average Bonchev–Trinajstić information content (AvgIpc) is 3.82. The topological polar surface area (TPSA) is 223 Å². The van der Waals surface area contributed by atoms with E-state index in [1.165, 1.54) is 28.2 Å². The summed E-state index contributed by atoms with van der Waals surface area (Å²) < 4.78 is 32.7. The normalized spacial score (nSPS) is 23.8. The maximum absolute atomic E-state index is 14.4. The van der Waals surface area contributed by atoms with Gasteiger partial charge in [-0.15, -0.1) is 16.8 Å². The van der Waals surface area contributed by atoms with Gasteiger partial charge in [0.05, 0.1) is 30.2 Å². The number of nitrogens with one attached hydrogen (secondary N) is 4. The number of ether oxygens (including phenoxy) is 1. The predicted octanol–water partition coefficient (Wildman–Crippen LogP) is 0.728. The van der Waals surface area contributed by atoms with Gasteiger partial charge >= 0.3 is 0 Å². The summed E-state index contributed by atoms with van der Waals surface area (Å²) in [6.07, 6.45) is 5.31. The van der Waals surface area contributed by atoms with Crippen LogP contribution in [-0.2, 0) is 24.4 Å². The number of hydrogen-bond donors (Lipinski definition) is 4. The molecular formula is C32H40N10O7S. The average molecular weight is 709 g/mol. The Balaban J connectivity index is 1.29. The molecule has 6 rings (SSSR count). The van der Waals surface area contributed by atoms with E-state index in [-0.39, 0.29) is 24.9 Å². The summed E-state index contributed by atoms with van der Waals surface area (Å²) in [5.41, 5.74) is -1.47. The summed E-state index contributed by atoms with van der Waals surface area (Å²) in [6.45, 7) is 9.08. The lowest BCUT2D eigenvalue weighted by Crippen LogP contribution is -2.60. The Morgan fingerprint density at radius 3 is 2.46 bits per heavy atom. The van der Waals surface area contributed by atoms with Crippen LogP contribution in [0.25, 0.3) is 11.4 Å². The highest BCUT2D eigenvalue weighted by Gasteiger charge is 2.62. The highest BCUT2D eigenvalue weighted by Crippen LogP contribution is 2.45. The molecule has 3 aliphatic rings. The first-order valence-corrected chi connectivity index (χ1v) is 17.8. The minimum Gasteiger partial charge on any atom is -0.497 e. The van der Waals surface area contributed by atoms with Gasteiger partial charge in [-0.05, 0) is 54.2 Å². The van der Waals surface area contributed by atoms with Crippen LogP contribution in [-0.4, -0.2) is 104 Å². The van der Waals surface area contributed by atoms with Crippen LogP contribution in [0.3, 0.4) is 0 Å². The molecule has 3 fully saturated rings. The standard InChI is InChI=1S/C32H40N10O7S/c1-6-20-14-32(20,30(46)39-50(47,48)23-11-12-23)36-28(44)24-13-21(42-38-26(37-40-42)18-7-9-22(49-5)10-8-18)17-41(24)29(45)25(31(2,3)4)35-27(43)19-15-33-34-16-19/h6-10,15-16,20-21,23-25H,1,11-14,17H2,2-5H3,(H,33,34)(H,35,43)(H,36,44)(H,39,46)/t20-,21-,24+,25-,32-/m1/s1. The number of rotatable bonds is 12. The second-order valence-electron chi connectivity index (χ2n) is 14.0. The number of amides is 4. The van der Waals surface area contributed by atoms with Crippen LogP contribution >= 0.6 is 0 Å². The summed E-state index contributed by atoms with van der Waals surface area (Å²) in [6, 6.07) is 4.22. The van der Waals surface area contributed by atoms with Gasteiger partial charge in [0.1, 0.15) is 23.4 Å². The third-order valence-electron chi connectivity index (χ3n) is 9.37. The first kappa shape index (κ1) is 34.7. The number of carbonyl (C=O) groups excluding carboxylic acids is 4. The molecule has 1 saturated heterocycles. The molecule has 4 N–H and O–H groups in total. The molecule has 0 spiro atoms. The van der Waals surface area contributed by atoms with Gasteiger partial charge in [-0.3, -0.25) is 29.0 Å².